The third-order valence-electron chi connectivity index (χ3n) is 2.36. The second-order valence-electron chi connectivity index (χ2n) is 3.94. The van der Waals surface area contributed by atoms with Crippen molar-refractivity contribution >= 4 is 49.7 Å². The molecule has 0 aliphatic rings. The van der Waals surface area contributed by atoms with Gasteiger partial charge >= 0.3 is 5.51 Å². The van der Waals surface area contributed by atoms with Crippen LogP contribution in [0.2, 0.25) is 0 Å². The number of phenolic OH excluding ortho intramolecular Hbond substituents is 1. The van der Waals surface area contributed by atoms with Crippen LogP contribution in [0.4, 0.5) is 18.9 Å². The molecule has 1 aromatic rings. The average Bonchev–Trinajstić information content (AvgIpc) is 2.38. The van der Waals surface area contributed by atoms with Crippen LogP contribution < -0.4 is 5.32 Å². The van der Waals surface area contributed by atoms with Gasteiger partial charge in [-0.15, -0.1) is 11.6 Å². The molecule has 5 nitrogen and oxygen atoms in total. The van der Waals surface area contributed by atoms with Crippen LogP contribution in [-0.4, -0.2) is 42.7 Å². The van der Waals surface area contributed by atoms with Gasteiger partial charge in [0, 0.05) is 6.54 Å². The van der Waals surface area contributed by atoms with Crippen molar-refractivity contribution in [2.45, 2.75) is 16.5 Å². The smallest absolute Gasteiger partial charge is 0.501 e. The molecule has 120 valence electrons. The van der Waals surface area contributed by atoms with E-state index in [9.17, 15) is 31.8 Å². The minimum Gasteiger partial charge on any atom is -0.505 e. The number of alkyl halides is 4. The maximum absolute atomic E-state index is 12.5. The molecule has 0 amide bonds. The number of aliphatic hydroxyl groups is 1. The van der Waals surface area contributed by atoms with Gasteiger partial charge < -0.3 is 15.5 Å². The molecule has 3 N–H and O–H groups in total. The zero-order valence-electron chi connectivity index (χ0n) is 10.2. The summed E-state index contributed by atoms with van der Waals surface area (Å²) in [5.41, 5.74) is -5.69. The Labute approximate surface area is 137 Å². The molecule has 0 aliphatic carbocycles. The maximum atomic E-state index is 12.5. The van der Waals surface area contributed by atoms with Crippen LogP contribution >= 0.6 is 34.2 Å². The quantitative estimate of drug-likeness (QED) is 0.357. The lowest BCUT2D eigenvalue weighted by atomic mass is 10.3. The van der Waals surface area contributed by atoms with Gasteiger partial charge in [0.15, 0.2) is 5.75 Å². The second kappa shape index (κ2) is 6.75. The molecular formula is C10H10ClF3INO4S. The molecule has 0 aliphatic heterocycles. The van der Waals surface area contributed by atoms with Crippen molar-refractivity contribution in [2.24, 2.45) is 0 Å². The normalized spacial score (nSPS) is 14.0. The monoisotopic (exact) mass is 459 g/mol. The molecule has 0 saturated carbocycles. The summed E-state index contributed by atoms with van der Waals surface area (Å²) in [6.45, 7) is -0.164. The number of aliphatic hydroxyl groups excluding tert-OH is 1. The largest absolute Gasteiger partial charge is 0.505 e. The number of nitrogens with one attached hydrogen (secondary N) is 1. The molecule has 0 aromatic heterocycles. The van der Waals surface area contributed by atoms with Crippen molar-refractivity contribution in [3.05, 3.63) is 15.7 Å². The summed E-state index contributed by atoms with van der Waals surface area (Å²) in [4.78, 5) is -1.000. The van der Waals surface area contributed by atoms with Gasteiger partial charge in [-0.1, -0.05) is 0 Å². The van der Waals surface area contributed by atoms with Crippen LogP contribution in [0.25, 0.3) is 0 Å². The van der Waals surface area contributed by atoms with Crippen LogP contribution in [0.5, 0.6) is 5.75 Å². The Morgan fingerprint density at radius 1 is 1.38 bits per heavy atom. The van der Waals surface area contributed by atoms with Gasteiger partial charge in [0.25, 0.3) is 9.84 Å². The fourth-order valence-corrected chi connectivity index (χ4v) is 3.04. The summed E-state index contributed by atoms with van der Waals surface area (Å²) in [5, 5.41) is 21.4. The molecular weight excluding hydrogens is 450 g/mol. The third kappa shape index (κ3) is 4.27. The third-order valence-corrected chi connectivity index (χ3v) is 5.00. The van der Waals surface area contributed by atoms with Crippen LogP contribution in [0, 0.1) is 3.57 Å². The molecule has 0 heterocycles. The minimum absolute atomic E-state index is 0.0826. The molecule has 1 atom stereocenters. The van der Waals surface area contributed by atoms with Gasteiger partial charge in [0.1, 0.15) is 0 Å². The van der Waals surface area contributed by atoms with E-state index < -0.39 is 32.1 Å². The molecule has 0 radical (unpaired) electrons. The highest BCUT2D eigenvalue weighted by Crippen LogP contribution is 2.37. The van der Waals surface area contributed by atoms with Crippen molar-refractivity contribution in [1.82, 2.24) is 0 Å². The molecule has 11 heteroatoms. The lowest BCUT2D eigenvalue weighted by Gasteiger charge is -2.15. The second-order valence-corrected chi connectivity index (χ2v) is 7.35. The summed E-state index contributed by atoms with van der Waals surface area (Å²) >= 11 is 6.85. The van der Waals surface area contributed by atoms with E-state index >= 15 is 0 Å². The van der Waals surface area contributed by atoms with E-state index in [2.05, 4.69) is 5.32 Å². The Bertz CT molecular complexity index is 623. The van der Waals surface area contributed by atoms with Gasteiger partial charge in [-0.05, 0) is 34.7 Å². The molecule has 1 unspecified atom stereocenters. The summed E-state index contributed by atoms with van der Waals surface area (Å²) in [6, 6.07) is 1.36. The van der Waals surface area contributed by atoms with Crippen LogP contribution in [-0.2, 0) is 9.84 Å². The molecule has 0 fully saturated rings. The number of hydrogen-bond acceptors (Lipinski definition) is 5. The number of benzene rings is 1. The lowest BCUT2D eigenvalue weighted by Crippen LogP contribution is -2.24. The first-order valence-corrected chi connectivity index (χ1v) is 8.42. The molecule has 0 spiro atoms. The Hall–Kier alpha value is -0.460. The Morgan fingerprint density at radius 3 is 2.43 bits per heavy atom. The number of aromatic hydroxyl groups is 1. The van der Waals surface area contributed by atoms with E-state index in [1.165, 1.54) is 22.6 Å². The number of anilines is 1. The van der Waals surface area contributed by atoms with E-state index in [4.69, 9.17) is 11.6 Å². The van der Waals surface area contributed by atoms with Crippen molar-refractivity contribution in [1.29, 1.82) is 0 Å². The Kier molecular flexibility index (Phi) is 5.98. The van der Waals surface area contributed by atoms with Crippen LogP contribution in [0.3, 0.4) is 0 Å². The number of rotatable bonds is 5. The van der Waals surface area contributed by atoms with Gasteiger partial charge in [-0.25, -0.2) is 8.42 Å². The minimum atomic E-state index is -5.53. The highest BCUT2D eigenvalue weighted by Gasteiger charge is 2.47. The number of phenols is 1. The zero-order chi connectivity index (χ0) is 16.4. The van der Waals surface area contributed by atoms with E-state index in [1.807, 2.05) is 0 Å². The van der Waals surface area contributed by atoms with E-state index in [0.29, 0.717) is 12.1 Å². The average molecular weight is 460 g/mol. The predicted octanol–water partition coefficient (Wildman–Crippen LogP) is 2.30. The summed E-state index contributed by atoms with van der Waals surface area (Å²) < 4.78 is 60.2. The number of hydrogen-bond donors (Lipinski definition) is 3. The van der Waals surface area contributed by atoms with Gasteiger partial charge in [-0.3, -0.25) is 0 Å². The topological polar surface area (TPSA) is 86.6 Å². The van der Waals surface area contributed by atoms with Crippen molar-refractivity contribution in [3.63, 3.8) is 0 Å². The fourth-order valence-electron chi connectivity index (χ4n) is 1.28. The van der Waals surface area contributed by atoms with E-state index in [1.54, 1.807) is 0 Å². The first-order chi connectivity index (χ1) is 9.50. The van der Waals surface area contributed by atoms with Gasteiger partial charge in [-0.2, -0.15) is 13.2 Å². The summed E-state index contributed by atoms with van der Waals surface area (Å²) in [7, 11) is -5.53. The fraction of sp³-hybridized carbons (Fsp3) is 0.400. The Morgan fingerprint density at radius 2 is 1.95 bits per heavy atom. The Balaban J connectivity index is 3.25. The lowest BCUT2D eigenvalue weighted by molar-refractivity contribution is -0.0436. The van der Waals surface area contributed by atoms with Crippen molar-refractivity contribution < 1.29 is 31.8 Å². The highest BCUT2D eigenvalue weighted by molar-refractivity contribution is 14.1. The maximum Gasteiger partial charge on any atom is 0.501 e. The number of halogens is 5. The first kappa shape index (κ1) is 18.6. The summed E-state index contributed by atoms with van der Waals surface area (Å²) in [5.74, 6) is -0.552. The molecule has 0 bridgehead atoms. The first-order valence-electron chi connectivity index (χ1n) is 5.32. The predicted molar refractivity (Wildman–Crippen MR) is 79.3 cm³/mol. The zero-order valence-corrected chi connectivity index (χ0v) is 13.9. The standard InChI is InChI=1S/C10H10ClF3INO4S/c11-3-5(17)4-16-8-2-6(1-7(15)9(8)18)21(19,20)10(12,13)14/h1-2,5,16-18H,3-4H2. The molecule has 1 aromatic carbocycles. The van der Waals surface area contributed by atoms with Crippen LogP contribution in [0.1, 0.15) is 0 Å². The van der Waals surface area contributed by atoms with Crippen LogP contribution in [0.15, 0.2) is 17.0 Å². The molecule has 0 saturated heterocycles. The van der Waals surface area contributed by atoms with Gasteiger partial charge in [0.05, 0.1) is 26.1 Å². The van der Waals surface area contributed by atoms with Crippen molar-refractivity contribution in [2.75, 3.05) is 17.7 Å². The molecule has 1 rings (SSSR count). The van der Waals surface area contributed by atoms with Gasteiger partial charge in [0.2, 0.25) is 0 Å². The number of sulfone groups is 1. The molecule has 21 heavy (non-hydrogen) atoms. The highest BCUT2D eigenvalue weighted by atomic mass is 127. The summed E-state index contributed by atoms with van der Waals surface area (Å²) in [6.07, 6.45) is -1.01. The van der Waals surface area contributed by atoms with E-state index in [0.717, 1.165) is 0 Å². The van der Waals surface area contributed by atoms with Crippen molar-refractivity contribution in [3.8, 4) is 5.75 Å². The SMILES string of the molecule is O=S(=O)(c1cc(I)c(O)c(NCC(O)CCl)c1)C(F)(F)F. The van der Waals surface area contributed by atoms with E-state index in [-0.39, 0.29) is 21.7 Å².